The van der Waals surface area contributed by atoms with Crippen LogP contribution in [0.5, 0.6) is 11.5 Å². The van der Waals surface area contributed by atoms with Crippen molar-refractivity contribution >= 4 is 11.6 Å². The number of amides is 1. The zero-order valence-corrected chi connectivity index (χ0v) is 13.8. The molecular formula is C18H22N2O4. The van der Waals surface area contributed by atoms with Gasteiger partial charge < -0.3 is 25.3 Å². The van der Waals surface area contributed by atoms with Gasteiger partial charge in [0, 0.05) is 18.9 Å². The van der Waals surface area contributed by atoms with Crippen molar-refractivity contribution in [2.75, 3.05) is 32.8 Å². The van der Waals surface area contributed by atoms with Gasteiger partial charge in [-0.25, -0.2) is 0 Å². The Hall–Kier alpha value is -2.73. The maximum atomic E-state index is 11.8. The van der Waals surface area contributed by atoms with Gasteiger partial charge in [0.25, 0.3) is 0 Å². The Bertz CT molecular complexity index is 661. The Morgan fingerprint density at radius 1 is 1.08 bits per heavy atom. The average molecular weight is 330 g/mol. The zero-order valence-electron chi connectivity index (χ0n) is 13.8. The van der Waals surface area contributed by atoms with Gasteiger partial charge in [-0.2, -0.15) is 0 Å². The van der Waals surface area contributed by atoms with E-state index in [-0.39, 0.29) is 0 Å². The van der Waals surface area contributed by atoms with Gasteiger partial charge in [0.1, 0.15) is 12.6 Å². The van der Waals surface area contributed by atoms with Crippen molar-refractivity contribution < 1.29 is 19.0 Å². The number of rotatable bonds is 9. The highest BCUT2D eigenvalue weighted by molar-refractivity contribution is 5.84. The number of ether oxygens (including phenoxy) is 3. The molecule has 0 aliphatic heterocycles. The minimum absolute atomic E-state index is 0.397. The molecule has 1 amide bonds. The van der Waals surface area contributed by atoms with Gasteiger partial charge in [-0.3, -0.25) is 4.79 Å². The second kappa shape index (κ2) is 8.79. The second-order valence-corrected chi connectivity index (χ2v) is 5.10. The SMILES string of the molecule is COCCOc1cc(NC(C(N)=O)c2ccccc2)ccc1OC. The minimum Gasteiger partial charge on any atom is -0.493 e. The Balaban J connectivity index is 2.20. The van der Waals surface area contributed by atoms with E-state index in [4.69, 9.17) is 19.9 Å². The summed E-state index contributed by atoms with van der Waals surface area (Å²) in [5.41, 5.74) is 7.03. The molecule has 0 saturated heterocycles. The first kappa shape index (κ1) is 17.6. The number of primary amides is 1. The third-order valence-electron chi connectivity index (χ3n) is 3.44. The number of anilines is 1. The van der Waals surface area contributed by atoms with Crippen molar-refractivity contribution in [1.29, 1.82) is 0 Å². The molecule has 1 unspecified atom stereocenters. The molecule has 128 valence electrons. The van der Waals surface area contributed by atoms with Gasteiger partial charge in [0.15, 0.2) is 11.5 Å². The van der Waals surface area contributed by atoms with Gasteiger partial charge in [-0.05, 0) is 17.7 Å². The molecule has 0 spiro atoms. The molecule has 6 heteroatoms. The normalized spacial score (nSPS) is 11.6. The van der Waals surface area contributed by atoms with Crippen LogP contribution < -0.4 is 20.5 Å². The first-order valence-electron chi connectivity index (χ1n) is 7.56. The number of hydrogen-bond acceptors (Lipinski definition) is 5. The highest BCUT2D eigenvalue weighted by atomic mass is 16.5. The van der Waals surface area contributed by atoms with Crippen molar-refractivity contribution in [3.8, 4) is 11.5 Å². The lowest BCUT2D eigenvalue weighted by atomic mass is 10.1. The number of carbonyl (C=O) groups excluding carboxylic acids is 1. The van der Waals surface area contributed by atoms with Crippen LogP contribution in [0.3, 0.4) is 0 Å². The van der Waals surface area contributed by atoms with Gasteiger partial charge >= 0.3 is 0 Å². The number of benzene rings is 2. The van der Waals surface area contributed by atoms with Gasteiger partial charge in [-0.1, -0.05) is 30.3 Å². The van der Waals surface area contributed by atoms with E-state index in [9.17, 15) is 4.79 Å². The van der Waals surface area contributed by atoms with Crippen LogP contribution in [0.4, 0.5) is 5.69 Å². The lowest BCUT2D eigenvalue weighted by Gasteiger charge is -2.18. The lowest BCUT2D eigenvalue weighted by molar-refractivity contribution is -0.118. The molecule has 2 rings (SSSR count). The Kier molecular flexibility index (Phi) is 6.45. The molecule has 0 heterocycles. The molecule has 0 aliphatic carbocycles. The third-order valence-corrected chi connectivity index (χ3v) is 3.44. The van der Waals surface area contributed by atoms with E-state index in [1.165, 1.54) is 0 Å². The van der Waals surface area contributed by atoms with Crippen molar-refractivity contribution in [3.05, 3.63) is 54.1 Å². The van der Waals surface area contributed by atoms with Gasteiger partial charge in [-0.15, -0.1) is 0 Å². The summed E-state index contributed by atoms with van der Waals surface area (Å²) in [5.74, 6) is 0.710. The number of methoxy groups -OCH3 is 2. The fourth-order valence-corrected chi connectivity index (χ4v) is 2.25. The van der Waals surface area contributed by atoms with Gasteiger partial charge in [0.05, 0.1) is 13.7 Å². The third kappa shape index (κ3) is 4.63. The van der Waals surface area contributed by atoms with Crippen LogP contribution >= 0.6 is 0 Å². The fourth-order valence-electron chi connectivity index (χ4n) is 2.25. The molecule has 6 nitrogen and oxygen atoms in total. The van der Waals surface area contributed by atoms with E-state index in [0.717, 1.165) is 5.56 Å². The summed E-state index contributed by atoms with van der Waals surface area (Å²) in [4.78, 5) is 11.8. The van der Waals surface area contributed by atoms with E-state index in [1.54, 1.807) is 32.4 Å². The Labute approximate surface area is 141 Å². The largest absolute Gasteiger partial charge is 0.493 e. The van der Waals surface area contributed by atoms with Crippen molar-refractivity contribution in [2.45, 2.75) is 6.04 Å². The quantitative estimate of drug-likeness (QED) is 0.690. The van der Waals surface area contributed by atoms with Crippen LogP contribution in [0.2, 0.25) is 0 Å². The zero-order chi connectivity index (χ0) is 17.4. The minimum atomic E-state index is -0.633. The van der Waals surface area contributed by atoms with Crippen LogP contribution in [0.15, 0.2) is 48.5 Å². The predicted octanol–water partition coefficient (Wildman–Crippen LogP) is 2.36. The summed E-state index contributed by atoms with van der Waals surface area (Å²) in [6.07, 6.45) is 0. The number of hydrogen-bond donors (Lipinski definition) is 2. The standard InChI is InChI=1S/C18H22N2O4/c1-22-10-11-24-16-12-14(8-9-15(16)23-2)20-17(18(19)21)13-6-4-3-5-7-13/h3-9,12,17,20H,10-11H2,1-2H3,(H2,19,21). The molecule has 2 aromatic carbocycles. The summed E-state index contributed by atoms with van der Waals surface area (Å²) in [5, 5.41) is 3.14. The van der Waals surface area contributed by atoms with E-state index < -0.39 is 11.9 Å². The maximum absolute atomic E-state index is 11.8. The smallest absolute Gasteiger partial charge is 0.244 e. The molecule has 0 fully saturated rings. The molecule has 1 atom stereocenters. The van der Waals surface area contributed by atoms with Crippen LogP contribution in [0.1, 0.15) is 11.6 Å². The summed E-state index contributed by atoms with van der Waals surface area (Å²) in [6, 6.07) is 14.0. The molecule has 0 saturated carbocycles. The molecule has 24 heavy (non-hydrogen) atoms. The summed E-state index contributed by atoms with van der Waals surface area (Å²) in [7, 11) is 3.18. The van der Waals surface area contributed by atoms with E-state index >= 15 is 0 Å². The summed E-state index contributed by atoms with van der Waals surface area (Å²) < 4.78 is 15.9. The van der Waals surface area contributed by atoms with Crippen LogP contribution in [0, 0.1) is 0 Å². The van der Waals surface area contributed by atoms with Crippen molar-refractivity contribution in [1.82, 2.24) is 0 Å². The second-order valence-electron chi connectivity index (χ2n) is 5.10. The van der Waals surface area contributed by atoms with E-state index in [0.29, 0.717) is 30.4 Å². The lowest BCUT2D eigenvalue weighted by Crippen LogP contribution is -2.27. The first-order chi connectivity index (χ1) is 11.7. The summed E-state index contributed by atoms with van der Waals surface area (Å²) >= 11 is 0. The first-order valence-corrected chi connectivity index (χ1v) is 7.56. The van der Waals surface area contributed by atoms with Crippen LogP contribution in [0.25, 0.3) is 0 Å². The molecule has 0 aromatic heterocycles. The highest BCUT2D eigenvalue weighted by Gasteiger charge is 2.18. The highest BCUT2D eigenvalue weighted by Crippen LogP contribution is 2.31. The molecule has 0 aliphatic rings. The Morgan fingerprint density at radius 2 is 1.83 bits per heavy atom. The van der Waals surface area contributed by atoms with Crippen LogP contribution in [-0.4, -0.2) is 33.3 Å². The molecule has 0 radical (unpaired) electrons. The molecule has 2 aromatic rings. The molecule has 3 N–H and O–H groups in total. The maximum Gasteiger partial charge on any atom is 0.244 e. The molecular weight excluding hydrogens is 308 g/mol. The fraction of sp³-hybridized carbons (Fsp3) is 0.278. The van der Waals surface area contributed by atoms with Crippen molar-refractivity contribution in [2.24, 2.45) is 5.73 Å². The predicted molar refractivity (Wildman–Crippen MR) is 92.4 cm³/mol. The van der Waals surface area contributed by atoms with E-state index in [1.807, 2.05) is 30.3 Å². The number of nitrogens with two attached hydrogens (primary N) is 1. The molecule has 0 bridgehead atoms. The van der Waals surface area contributed by atoms with Crippen molar-refractivity contribution in [3.63, 3.8) is 0 Å². The number of carbonyl (C=O) groups is 1. The topological polar surface area (TPSA) is 82.8 Å². The summed E-state index contributed by atoms with van der Waals surface area (Å²) in [6.45, 7) is 0.864. The average Bonchev–Trinajstić information content (AvgIpc) is 2.60. The van der Waals surface area contributed by atoms with Crippen LogP contribution in [-0.2, 0) is 9.53 Å². The Morgan fingerprint density at radius 3 is 2.46 bits per heavy atom. The van der Waals surface area contributed by atoms with E-state index in [2.05, 4.69) is 5.32 Å². The number of nitrogens with one attached hydrogen (secondary N) is 1. The monoisotopic (exact) mass is 330 g/mol. The van der Waals surface area contributed by atoms with Gasteiger partial charge in [0.2, 0.25) is 5.91 Å².